The quantitative estimate of drug-likeness (QED) is 0.678. The highest BCUT2D eigenvalue weighted by Crippen LogP contribution is 2.17. The van der Waals surface area contributed by atoms with Gasteiger partial charge in [0.15, 0.2) is 0 Å². The number of amides is 3. The molecule has 0 saturated carbocycles. The van der Waals surface area contributed by atoms with Crippen molar-refractivity contribution >= 4 is 17.6 Å². The van der Waals surface area contributed by atoms with Crippen LogP contribution in [0.15, 0.2) is 24.3 Å². The third kappa shape index (κ3) is 3.61. The average molecular weight is 270 g/mol. The molecule has 0 spiro atoms. The number of benzene rings is 1. The number of carbonyl (C=O) groups is 2. The zero-order valence-corrected chi connectivity index (χ0v) is 11.6. The fraction of sp³-hybridized carbons (Fsp3) is 0.375. The number of nitrogens with zero attached hydrogens (tertiary/aromatic N) is 1. The van der Waals surface area contributed by atoms with E-state index in [0.717, 1.165) is 30.5 Å². The van der Waals surface area contributed by atoms with Crippen LogP contribution in [-0.2, 0) is 4.79 Å². The van der Waals surface area contributed by atoms with Crippen molar-refractivity contribution in [1.29, 1.82) is 0 Å². The fourth-order valence-electron chi connectivity index (χ4n) is 1.96. The van der Waals surface area contributed by atoms with E-state index < -0.39 is 0 Å². The maximum atomic E-state index is 11.7. The first-order chi connectivity index (χ1) is 9.70. The summed E-state index contributed by atoms with van der Waals surface area (Å²) in [5.41, 5.74) is 1.73. The Bertz CT molecular complexity index is 552. The van der Waals surface area contributed by atoms with E-state index in [9.17, 15) is 9.59 Å². The Morgan fingerprint density at radius 1 is 1.25 bits per heavy atom. The van der Waals surface area contributed by atoms with Gasteiger partial charge in [-0.1, -0.05) is 25.2 Å². The summed E-state index contributed by atoms with van der Waals surface area (Å²) >= 11 is 0. The van der Waals surface area contributed by atoms with Crippen LogP contribution >= 0.6 is 0 Å². The van der Waals surface area contributed by atoms with Gasteiger partial charge in [0, 0.05) is 30.6 Å². The molecule has 0 unspecified atom stereocenters. The van der Waals surface area contributed by atoms with Crippen molar-refractivity contribution in [2.24, 2.45) is 0 Å². The number of hydrogen-bond donors (Lipinski definition) is 1. The topological polar surface area (TPSA) is 49.4 Å². The molecule has 0 radical (unpaired) electrons. The summed E-state index contributed by atoms with van der Waals surface area (Å²) < 4.78 is 0. The highest BCUT2D eigenvalue weighted by molar-refractivity contribution is 6.05. The zero-order chi connectivity index (χ0) is 14.4. The molecule has 20 heavy (non-hydrogen) atoms. The van der Waals surface area contributed by atoms with E-state index in [1.54, 1.807) is 4.90 Å². The van der Waals surface area contributed by atoms with E-state index in [1.165, 1.54) is 0 Å². The smallest absolute Gasteiger partial charge is 0.294 e. The molecule has 4 nitrogen and oxygen atoms in total. The molecule has 0 bridgehead atoms. The van der Waals surface area contributed by atoms with Gasteiger partial charge < -0.3 is 0 Å². The van der Waals surface area contributed by atoms with Gasteiger partial charge in [0.1, 0.15) is 0 Å². The Labute approximate surface area is 119 Å². The third-order valence-electron chi connectivity index (χ3n) is 3.12. The Hall–Kier alpha value is -2.28. The van der Waals surface area contributed by atoms with Crippen LogP contribution in [0.3, 0.4) is 0 Å². The van der Waals surface area contributed by atoms with E-state index >= 15 is 0 Å². The van der Waals surface area contributed by atoms with Crippen molar-refractivity contribution in [3.63, 3.8) is 0 Å². The van der Waals surface area contributed by atoms with Crippen molar-refractivity contribution in [3.05, 3.63) is 29.8 Å². The summed E-state index contributed by atoms with van der Waals surface area (Å²) in [4.78, 5) is 24.4. The maximum Gasteiger partial charge on any atom is 0.328 e. The van der Waals surface area contributed by atoms with Crippen LogP contribution in [0.25, 0.3) is 0 Å². The maximum absolute atomic E-state index is 11.7. The van der Waals surface area contributed by atoms with Crippen LogP contribution in [0.1, 0.15) is 38.2 Å². The number of carbonyl (C=O) groups excluding carboxylic acids is 2. The highest BCUT2D eigenvalue weighted by Gasteiger charge is 2.23. The number of unbranched alkanes of at least 4 members (excludes halogenated alkanes) is 2. The number of hydrogen-bond acceptors (Lipinski definition) is 2. The van der Waals surface area contributed by atoms with Gasteiger partial charge in [-0.25, -0.2) is 4.79 Å². The molecule has 1 aliphatic rings. The van der Waals surface area contributed by atoms with E-state index in [-0.39, 0.29) is 11.9 Å². The van der Waals surface area contributed by atoms with Gasteiger partial charge in [-0.2, -0.15) is 0 Å². The SMILES string of the molecule is CCCCC#Cc1ccc(N2CCC(=O)NC2=O)cc1. The van der Waals surface area contributed by atoms with E-state index in [1.807, 2.05) is 24.3 Å². The standard InChI is InChI=1S/C16H18N2O2/c1-2-3-4-5-6-13-7-9-14(10-8-13)18-12-11-15(19)17-16(18)20/h7-10H,2-4,11-12H2,1H3,(H,17,19,20). The van der Waals surface area contributed by atoms with Gasteiger partial charge in [-0.05, 0) is 30.7 Å². The van der Waals surface area contributed by atoms with Crippen LogP contribution < -0.4 is 10.2 Å². The summed E-state index contributed by atoms with van der Waals surface area (Å²) in [6.45, 7) is 2.57. The van der Waals surface area contributed by atoms with Gasteiger partial charge in [0.05, 0.1) is 0 Å². The normalized spacial score (nSPS) is 14.6. The first-order valence-electron chi connectivity index (χ1n) is 6.91. The van der Waals surface area contributed by atoms with Crippen LogP contribution in [0.2, 0.25) is 0 Å². The molecular formula is C16H18N2O2. The first-order valence-corrected chi connectivity index (χ1v) is 6.91. The van der Waals surface area contributed by atoms with E-state index in [0.29, 0.717) is 13.0 Å². The predicted octanol–water partition coefficient (Wildman–Crippen LogP) is 2.67. The van der Waals surface area contributed by atoms with Crippen molar-refractivity contribution < 1.29 is 9.59 Å². The van der Waals surface area contributed by atoms with Gasteiger partial charge in [0.2, 0.25) is 5.91 Å². The molecular weight excluding hydrogens is 252 g/mol. The lowest BCUT2D eigenvalue weighted by molar-refractivity contribution is -0.120. The average Bonchev–Trinajstić information content (AvgIpc) is 2.45. The molecule has 0 aliphatic carbocycles. The molecule has 3 amide bonds. The molecule has 4 heteroatoms. The van der Waals surface area contributed by atoms with Crippen molar-refractivity contribution in [3.8, 4) is 11.8 Å². The Morgan fingerprint density at radius 2 is 2.00 bits per heavy atom. The molecule has 1 N–H and O–H groups in total. The zero-order valence-electron chi connectivity index (χ0n) is 11.6. The highest BCUT2D eigenvalue weighted by atomic mass is 16.2. The Kier molecular flexibility index (Phi) is 4.78. The minimum absolute atomic E-state index is 0.218. The Morgan fingerprint density at radius 3 is 2.65 bits per heavy atom. The second kappa shape index (κ2) is 6.76. The lowest BCUT2D eigenvalue weighted by Crippen LogP contribution is -2.49. The molecule has 1 aromatic carbocycles. The van der Waals surface area contributed by atoms with Gasteiger partial charge in [0.25, 0.3) is 0 Å². The second-order valence-electron chi connectivity index (χ2n) is 4.71. The molecule has 0 aromatic heterocycles. The molecule has 2 rings (SSSR count). The lowest BCUT2D eigenvalue weighted by Gasteiger charge is -2.26. The number of rotatable bonds is 3. The summed E-state index contributed by atoms with van der Waals surface area (Å²) in [6.07, 6.45) is 3.52. The van der Waals surface area contributed by atoms with E-state index in [2.05, 4.69) is 24.1 Å². The number of nitrogens with one attached hydrogen (secondary N) is 1. The molecule has 0 atom stereocenters. The van der Waals surface area contributed by atoms with Crippen LogP contribution in [-0.4, -0.2) is 18.5 Å². The number of urea groups is 1. The molecule has 1 fully saturated rings. The van der Waals surface area contributed by atoms with Crippen molar-refractivity contribution in [2.45, 2.75) is 32.6 Å². The summed E-state index contributed by atoms with van der Waals surface area (Å²) in [5.74, 6) is 6.02. The second-order valence-corrected chi connectivity index (χ2v) is 4.71. The summed E-state index contributed by atoms with van der Waals surface area (Å²) in [5, 5.41) is 2.31. The fourth-order valence-corrected chi connectivity index (χ4v) is 1.96. The van der Waals surface area contributed by atoms with Crippen molar-refractivity contribution in [1.82, 2.24) is 5.32 Å². The van der Waals surface area contributed by atoms with Crippen molar-refractivity contribution in [2.75, 3.05) is 11.4 Å². The molecule has 1 saturated heterocycles. The minimum Gasteiger partial charge on any atom is -0.294 e. The van der Waals surface area contributed by atoms with Gasteiger partial charge >= 0.3 is 6.03 Å². The molecule has 104 valence electrons. The largest absolute Gasteiger partial charge is 0.328 e. The van der Waals surface area contributed by atoms with Crippen LogP contribution in [0.4, 0.5) is 10.5 Å². The molecule has 1 aliphatic heterocycles. The van der Waals surface area contributed by atoms with Crippen LogP contribution in [0, 0.1) is 11.8 Å². The summed E-state index contributed by atoms with van der Waals surface area (Å²) in [7, 11) is 0. The predicted molar refractivity (Wildman–Crippen MR) is 78.3 cm³/mol. The summed E-state index contributed by atoms with van der Waals surface area (Å²) in [6, 6.07) is 7.16. The monoisotopic (exact) mass is 270 g/mol. The van der Waals surface area contributed by atoms with Crippen LogP contribution in [0.5, 0.6) is 0 Å². The number of anilines is 1. The molecule has 1 aromatic rings. The third-order valence-corrected chi connectivity index (χ3v) is 3.12. The lowest BCUT2D eigenvalue weighted by atomic mass is 10.1. The first kappa shape index (κ1) is 14.1. The minimum atomic E-state index is -0.358. The molecule has 1 heterocycles. The van der Waals surface area contributed by atoms with Gasteiger partial charge in [-0.3, -0.25) is 15.0 Å². The Balaban J connectivity index is 2.02. The number of imide groups is 1. The van der Waals surface area contributed by atoms with Gasteiger partial charge in [-0.15, -0.1) is 0 Å². The van der Waals surface area contributed by atoms with E-state index in [4.69, 9.17) is 0 Å².